The van der Waals surface area contributed by atoms with Gasteiger partial charge in [0.1, 0.15) is 11.7 Å². The van der Waals surface area contributed by atoms with Crippen molar-refractivity contribution in [3.8, 4) is 16.9 Å². The average Bonchev–Trinajstić information content (AvgIpc) is 3.33. The zero-order valence-electron chi connectivity index (χ0n) is 20.6. The van der Waals surface area contributed by atoms with E-state index in [1.165, 1.54) is 49.6 Å². The van der Waals surface area contributed by atoms with Crippen molar-refractivity contribution in [3.63, 3.8) is 0 Å². The molecule has 0 bridgehead atoms. The molecule has 35 heavy (non-hydrogen) atoms. The molecule has 1 aliphatic heterocycles. The summed E-state index contributed by atoms with van der Waals surface area (Å²) in [7, 11) is 2.30. The number of para-hydroxylation sites is 3. The molecule has 0 amide bonds. The SMILES string of the molecule is C[NH+]1c2ccccc2C(C)(C)C1C=Cc1c(-c2ccccc2)n(-c2ccccc2)c2ccccc12. The maximum absolute atomic E-state index is 2.44. The molecule has 0 saturated carbocycles. The van der Waals surface area contributed by atoms with Crippen LogP contribution in [0.3, 0.4) is 0 Å². The summed E-state index contributed by atoms with van der Waals surface area (Å²) < 4.78 is 2.41. The number of hydrogen-bond donors (Lipinski definition) is 1. The molecular weight excluding hydrogens is 424 g/mol. The molecule has 1 N–H and O–H groups in total. The minimum absolute atomic E-state index is 0.0574. The number of likely N-dealkylation sites (N-methyl/N-ethyl adjacent to an activating group) is 1. The number of fused-ring (bicyclic) bond motifs is 2. The topological polar surface area (TPSA) is 9.37 Å². The molecule has 5 aromatic rings. The Morgan fingerprint density at radius 2 is 1.37 bits per heavy atom. The van der Waals surface area contributed by atoms with Gasteiger partial charge in [-0.1, -0.05) is 91.0 Å². The molecule has 6 rings (SSSR count). The number of quaternary nitrogens is 1. The molecule has 0 spiro atoms. The maximum atomic E-state index is 2.44. The fourth-order valence-corrected chi connectivity index (χ4v) is 6.00. The molecule has 0 radical (unpaired) electrons. The summed E-state index contributed by atoms with van der Waals surface area (Å²) in [6.45, 7) is 4.76. The minimum Gasteiger partial charge on any atom is -0.309 e. The Bertz CT molecular complexity index is 1520. The lowest BCUT2D eigenvalue weighted by Gasteiger charge is -2.25. The molecule has 2 heteroatoms. The van der Waals surface area contributed by atoms with E-state index < -0.39 is 0 Å². The summed E-state index contributed by atoms with van der Waals surface area (Å²) >= 11 is 0. The van der Waals surface area contributed by atoms with Crippen molar-refractivity contribution >= 4 is 22.7 Å². The van der Waals surface area contributed by atoms with Crippen molar-refractivity contribution in [2.24, 2.45) is 0 Å². The Kier molecular flexibility index (Phi) is 5.20. The zero-order chi connectivity index (χ0) is 24.0. The van der Waals surface area contributed by atoms with Crippen molar-refractivity contribution in [2.45, 2.75) is 25.3 Å². The zero-order valence-corrected chi connectivity index (χ0v) is 20.6. The van der Waals surface area contributed by atoms with E-state index in [-0.39, 0.29) is 5.41 Å². The van der Waals surface area contributed by atoms with Crippen molar-refractivity contribution in [1.29, 1.82) is 0 Å². The van der Waals surface area contributed by atoms with Gasteiger partial charge in [-0.15, -0.1) is 0 Å². The molecule has 1 aliphatic rings. The van der Waals surface area contributed by atoms with E-state index in [0.29, 0.717) is 6.04 Å². The van der Waals surface area contributed by atoms with Gasteiger partial charge < -0.3 is 4.57 Å². The van der Waals surface area contributed by atoms with Crippen LogP contribution >= 0.6 is 0 Å². The lowest BCUT2D eigenvalue weighted by Crippen LogP contribution is -3.07. The Balaban J connectivity index is 1.58. The van der Waals surface area contributed by atoms with Crippen LogP contribution in [0.25, 0.3) is 33.9 Å². The Morgan fingerprint density at radius 1 is 0.743 bits per heavy atom. The van der Waals surface area contributed by atoms with E-state index in [1.54, 1.807) is 0 Å². The lowest BCUT2D eigenvalue weighted by molar-refractivity contribution is -0.828. The maximum Gasteiger partial charge on any atom is 0.135 e. The van der Waals surface area contributed by atoms with Gasteiger partial charge in [0.15, 0.2) is 0 Å². The van der Waals surface area contributed by atoms with Crippen molar-refractivity contribution in [3.05, 3.63) is 126 Å². The summed E-state index contributed by atoms with van der Waals surface area (Å²) in [6.07, 6.45) is 4.82. The first-order valence-corrected chi connectivity index (χ1v) is 12.4. The van der Waals surface area contributed by atoms with Crippen LogP contribution < -0.4 is 4.90 Å². The second kappa shape index (κ2) is 8.41. The molecule has 0 fully saturated rings. The molecule has 2 atom stereocenters. The number of rotatable bonds is 4. The normalized spacial score (nSPS) is 18.8. The summed E-state index contributed by atoms with van der Waals surface area (Å²) in [6, 6.07) is 39.5. The van der Waals surface area contributed by atoms with Gasteiger partial charge in [0.05, 0.1) is 23.7 Å². The number of hydrogen-bond acceptors (Lipinski definition) is 0. The molecule has 172 valence electrons. The van der Waals surface area contributed by atoms with Gasteiger partial charge in [-0.2, -0.15) is 0 Å². The molecule has 1 aromatic heterocycles. The fourth-order valence-electron chi connectivity index (χ4n) is 6.00. The van der Waals surface area contributed by atoms with E-state index in [9.17, 15) is 0 Å². The smallest absolute Gasteiger partial charge is 0.135 e. The van der Waals surface area contributed by atoms with E-state index >= 15 is 0 Å². The van der Waals surface area contributed by atoms with Crippen molar-refractivity contribution in [1.82, 2.24) is 4.57 Å². The summed E-state index contributed by atoms with van der Waals surface area (Å²) in [5.74, 6) is 0. The first kappa shape index (κ1) is 21.6. The first-order valence-electron chi connectivity index (χ1n) is 12.4. The molecule has 0 aliphatic carbocycles. The van der Waals surface area contributed by atoms with Crippen molar-refractivity contribution in [2.75, 3.05) is 7.05 Å². The second-order valence-corrected chi connectivity index (χ2v) is 10.1. The lowest BCUT2D eigenvalue weighted by atomic mass is 9.80. The minimum atomic E-state index is 0.0574. The quantitative estimate of drug-likeness (QED) is 0.305. The molecule has 2 heterocycles. The van der Waals surface area contributed by atoms with Crippen LogP contribution in [0, 0.1) is 0 Å². The van der Waals surface area contributed by atoms with Crippen LogP contribution in [0.2, 0.25) is 0 Å². The summed E-state index contributed by atoms with van der Waals surface area (Å²) in [4.78, 5) is 1.45. The highest BCUT2D eigenvalue weighted by molar-refractivity contribution is 5.99. The van der Waals surface area contributed by atoms with Gasteiger partial charge in [-0.05, 0) is 49.8 Å². The highest BCUT2D eigenvalue weighted by atomic mass is 15.2. The fraction of sp³-hybridized carbons (Fsp3) is 0.152. The van der Waals surface area contributed by atoms with Crippen LogP contribution in [0.15, 0.2) is 115 Å². The molecule has 2 nitrogen and oxygen atoms in total. The Labute approximate surface area is 207 Å². The largest absolute Gasteiger partial charge is 0.309 e. The predicted molar refractivity (Wildman–Crippen MR) is 148 cm³/mol. The highest BCUT2D eigenvalue weighted by Gasteiger charge is 2.46. The van der Waals surface area contributed by atoms with Crippen LogP contribution in [0.5, 0.6) is 0 Å². The number of nitrogens with one attached hydrogen (secondary N) is 1. The highest BCUT2D eigenvalue weighted by Crippen LogP contribution is 2.39. The molecular formula is C33H31N2+. The number of benzene rings is 4. The molecule has 4 aromatic carbocycles. The van der Waals surface area contributed by atoms with Crippen LogP contribution in [0.1, 0.15) is 25.0 Å². The van der Waals surface area contributed by atoms with E-state index in [1.807, 2.05) is 0 Å². The number of nitrogens with zero attached hydrogens (tertiary/aromatic N) is 1. The molecule has 2 unspecified atom stereocenters. The Morgan fingerprint density at radius 3 is 2.11 bits per heavy atom. The van der Waals surface area contributed by atoms with Crippen LogP contribution in [0.4, 0.5) is 5.69 Å². The van der Waals surface area contributed by atoms with E-state index in [0.717, 1.165) is 0 Å². The first-order chi connectivity index (χ1) is 17.1. The third kappa shape index (κ3) is 3.45. The van der Waals surface area contributed by atoms with Gasteiger partial charge in [0.25, 0.3) is 0 Å². The second-order valence-electron chi connectivity index (χ2n) is 10.1. The van der Waals surface area contributed by atoms with E-state index in [4.69, 9.17) is 0 Å². The van der Waals surface area contributed by atoms with E-state index in [2.05, 4.69) is 147 Å². The van der Waals surface area contributed by atoms with Crippen molar-refractivity contribution < 1.29 is 4.90 Å². The van der Waals surface area contributed by atoms with Gasteiger partial charge in [-0.25, -0.2) is 0 Å². The average molecular weight is 456 g/mol. The summed E-state index contributed by atoms with van der Waals surface area (Å²) in [5.41, 5.74) is 9.05. The Hall–Kier alpha value is -3.88. The van der Waals surface area contributed by atoms with Gasteiger partial charge in [0, 0.05) is 22.2 Å². The monoisotopic (exact) mass is 455 g/mol. The predicted octanol–water partition coefficient (Wildman–Crippen LogP) is 6.82. The van der Waals surface area contributed by atoms with Gasteiger partial charge in [-0.3, -0.25) is 4.90 Å². The molecule has 0 saturated heterocycles. The van der Waals surface area contributed by atoms with Crippen LogP contribution in [-0.2, 0) is 5.41 Å². The van der Waals surface area contributed by atoms with Gasteiger partial charge in [0.2, 0.25) is 0 Å². The number of aromatic nitrogens is 1. The third-order valence-electron chi connectivity index (χ3n) is 7.72. The third-order valence-corrected chi connectivity index (χ3v) is 7.72. The van der Waals surface area contributed by atoms with Crippen LogP contribution in [-0.4, -0.2) is 17.7 Å². The summed E-state index contributed by atoms with van der Waals surface area (Å²) in [5, 5.41) is 1.28. The van der Waals surface area contributed by atoms with Gasteiger partial charge >= 0.3 is 0 Å². The standard InChI is InChI=1S/C33H30N2/c1-33(2)28-19-11-13-21-30(28)34(3)31(33)23-22-27-26-18-10-12-20-29(26)35(25-16-8-5-9-17-25)32(27)24-14-6-4-7-15-24/h4-23,31H,1-3H3/p+1.